The van der Waals surface area contributed by atoms with Crippen LogP contribution < -0.4 is 4.74 Å². The first-order valence-electron chi connectivity index (χ1n) is 10.1. The van der Waals surface area contributed by atoms with Crippen LogP contribution in [0.2, 0.25) is 0 Å². The molecule has 1 spiro atoms. The molecule has 7 nitrogen and oxygen atoms in total. The van der Waals surface area contributed by atoms with E-state index in [2.05, 4.69) is 9.97 Å². The van der Waals surface area contributed by atoms with Crippen LogP contribution in [-0.4, -0.2) is 58.3 Å². The zero-order valence-electron chi connectivity index (χ0n) is 16.7. The molecule has 2 aliphatic rings. The van der Waals surface area contributed by atoms with E-state index in [4.69, 9.17) is 4.74 Å². The number of piperidine rings is 2. The van der Waals surface area contributed by atoms with E-state index in [0.29, 0.717) is 37.5 Å². The van der Waals surface area contributed by atoms with E-state index < -0.39 is 0 Å². The van der Waals surface area contributed by atoms with Gasteiger partial charge in [-0.05, 0) is 48.9 Å². The number of nitrogens with zero attached hydrogens (tertiary/aromatic N) is 4. The third-order valence-electron chi connectivity index (χ3n) is 6.13. The SMILES string of the molecule is COc1ncccc1C(=O)N1CCC2(CCC(=O)N(Cc3ccccn3)C2)CC1. The molecule has 0 bridgehead atoms. The first kappa shape index (κ1) is 19.4. The van der Waals surface area contributed by atoms with Gasteiger partial charge in [0.25, 0.3) is 5.91 Å². The Morgan fingerprint density at radius 3 is 2.62 bits per heavy atom. The number of methoxy groups -OCH3 is 1. The smallest absolute Gasteiger partial charge is 0.259 e. The highest BCUT2D eigenvalue weighted by molar-refractivity contribution is 5.96. The molecule has 2 amide bonds. The van der Waals surface area contributed by atoms with Crippen molar-refractivity contribution in [3.63, 3.8) is 0 Å². The molecule has 152 valence electrons. The van der Waals surface area contributed by atoms with Gasteiger partial charge in [-0.1, -0.05) is 6.07 Å². The summed E-state index contributed by atoms with van der Waals surface area (Å²) in [6, 6.07) is 9.29. The lowest BCUT2D eigenvalue weighted by Gasteiger charge is -2.47. The van der Waals surface area contributed by atoms with Crippen LogP contribution in [0, 0.1) is 5.41 Å². The normalized spacial score (nSPS) is 18.7. The maximum absolute atomic E-state index is 12.9. The van der Waals surface area contributed by atoms with Gasteiger partial charge >= 0.3 is 0 Å². The minimum absolute atomic E-state index is 0.0398. The lowest BCUT2D eigenvalue weighted by Crippen LogP contribution is -2.52. The van der Waals surface area contributed by atoms with Crippen LogP contribution >= 0.6 is 0 Å². The molecule has 0 atom stereocenters. The van der Waals surface area contributed by atoms with Crippen molar-refractivity contribution in [2.45, 2.75) is 32.2 Å². The minimum atomic E-state index is -0.0398. The van der Waals surface area contributed by atoms with Gasteiger partial charge in [-0.25, -0.2) is 4.98 Å². The summed E-state index contributed by atoms with van der Waals surface area (Å²) in [4.78, 5) is 37.7. The first-order valence-corrected chi connectivity index (χ1v) is 10.1. The highest BCUT2D eigenvalue weighted by Gasteiger charge is 2.42. The third kappa shape index (κ3) is 4.09. The number of ether oxygens (including phenoxy) is 1. The molecular weight excluding hydrogens is 368 g/mol. The quantitative estimate of drug-likeness (QED) is 0.797. The Morgan fingerprint density at radius 2 is 1.90 bits per heavy atom. The van der Waals surface area contributed by atoms with Gasteiger partial charge < -0.3 is 14.5 Å². The summed E-state index contributed by atoms with van der Waals surface area (Å²) in [7, 11) is 1.53. The van der Waals surface area contributed by atoms with E-state index in [1.165, 1.54) is 7.11 Å². The molecule has 2 saturated heterocycles. The molecule has 7 heteroatoms. The molecule has 0 unspecified atom stereocenters. The molecule has 2 aliphatic heterocycles. The van der Waals surface area contributed by atoms with Crippen molar-refractivity contribution in [3.8, 4) is 5.88 Å². The highest BCUT2D eigenvalue weighted by Crippen LogP contribution is 2.41. The number of carbonyl (C=O) groups is 2. The Balaban J connectivity index is 1.41. The Labute approximate surface area is 170 Å². The van der Waals surface area contributed by atoms with Crippen molar-refractivity contribution in [3.05, 3.63) is 54.0 Å². The van der Waals surface area contributed by atoms with Crippen LogP contribution in [0.15, 0.2) is 42.7 Å². The van der Waals surface area contributed by atoms with Crippen molar-refractivity contribution in [1.29, 1.82) is 0 Å². The third-order valence-corrected chi connectivity index (χ3v) is 6.13. The summed E-state index contributed by atoms with van der Waals surface area (Å²) in [5.41, 5.74) is 1.49. The van der Waals surface area contributed by atoms with Crippen LogP contribution in [0.25, 0.3) is 0 Å². The molecule has 2 aromatic rings. The Morgan fingerprint density at radius 1 is 1.10 bits per heavy atom. The molecule has 2 aromatic heterocycles. The van der Waals surface area contributed by atoms with Crippen molar-refractivity contribution in [2.24, 2.45) is 5.41 Å². The number of likely N-dealkylation sites (tertiary alicyclic amines) is 2. The molecule has 0 aromatic carbocycles. The average Bonchev–Trinajstić information content (AvgIpc) is 2.77. The fourth-order valence-corrected chi connectivity index (χ4v) is 4.41. The summed E-state index contributed by atoms with van der Waals surface area (Å²) in [6.07, 6.45) is 6.63. The number of hydrogen-bond donors (Lipinski definition) is 0. The van der Waals surface area contributed by atoms with Gasteiger partial charge in [-0.2, -0.15) is 0 Å². The Bertz CT molecular complexity index is 879. The van der Waals surface area contributed by atoms with Gasteiger partial charge in [0.05, 0.1) is 19.3 Å². The van der Waals surface area contributed by atoms with Gasteiger partial charge in [-0.3, -0.25) is 14.6 Å². The summed E-state index contributed by atoms with van der Waals surface area (Å²) in [6.45, 7) is 2.66. The summed E-state index contributed by atoms with van der Waals surface area (Å²) in [5, 5.41) is 0. The molecule has 4 heterocycles. The van der Waals surface area contributed by atoms with Gasteiger partial charge in [0, 0.05) is 38.4 Å². The van der Waals surface area contributed by atoms with E-state index in [1.807, 2.05) is 28.0 Å². The standard InChI is InChI=1S/C22H26N4O3/c1-29-20-18(6-4-12-24-20)21(28)25-13-9-22(10-14-25)8-7-19(27)26(16-22)15-17-5-2-3-11-23-17/h2-6,11-12H,7-10,13-16H2,1H3. The van der Waals surface area contributed by atoms with E-state index in [-0.39, 0.29) is 17.2 Å². The van der Waals surface area contributed by atoms with E-state index >= 15 is 0 Å². The molecular formula is C22H26N4O3. The number of amides is 2. The van der Waals surface area contributed by atoms with Crippen molar-refractivity contribution < 1.29 is 14.3 Å². The lowest BCUT2D eigenvalue weighted by atomic mass is 9.72. The Kier molecular flexibility index (Phi) is 5.47. The molecule has 4 rings (SSSR count). The van der Waals surface area contributed by atoms with Crippen LogP contribution in [0.3, 0.4) is 0 Å². The average molecular weight is 394 g/mol. The second kappa shape index (κ2) is 8.19. The Hall–Kier alpha value is -2.96. The fourth-order valence-electron chi connectivity index (χ4n) is 4.41. The second-order valence-electron chi connectivity index (χ2n) is 7.92. The predicted octanol–water partition coefficient (Wildman–Crippen LogP) is 2.53. The summed E-state index contributed by atoms with van der Waals surface area (Å²) < 4.78 is 5.24. The summed E-state index contributed by atoms with van der Waals surface area (Å²) >= 11 is 0. The van der Waals surface area contributed by atoms with E-state index in [1.54, 1.807) is 24.5 Å². The fraction of sp³-hybridized carbons (Fsp3) is 0.455. The molecule has 2 fully saturated rings. The number of carbonyl (C=O) groups excluding carboxylic acids is 2. The topological polar surface area (TPSA) is 75.6 Å². The van der Waals surface area contributed by atoms with Gasteiger partial charge in [0.1, 0.15) is 5.56 Å². The van der Waals surface area contributed by atoms with Gasteiger partial charge in [0.15, 0.2) is 0 Å². The van der Waals surface area contributed by atoms with Crippen LogP contribution in [0.1, 0.15) is 41.7 Å². The largest absolute Gasteiger partial charge is 0.480 e. The monoisotopic (exact) mass is 394 g/mol. The lowest BCUT2D eigenvalue weighted by molar-refractivity contribution is -0.139. The van der Waals surface area contributed by atoms with Gasteiger partial charge in [-0.15, -0.1) is 0 Å². The molecule has 0 aliphatic carbocycles. The zero-order valence-corrected chi connectivity index (χ0v) is 16.7. The maximum Gasteiger partial charge on any atom is 0.259 e. The number of rotatable bonds is 4. The number of hydrogen-bond acceptors (Lipinski definition) is 5. The van der Waals surface area contributed by atoms with E-state index in [9.17, 15) is 9.59 Å². The van der Waals surface area contributed by atoms with Crippen molar-refractivity contribution in [2.75, 3.05) is 26.7 Å². The molecule has 0 radical (unpaired) electrons. The molecule has 29 heavy (non-hydrogen) atoms. The van der Waals surface area contributed by atoms with Crippen LogP contribution in [0.4, 0.5) is 0 Å². The molecule has 0 saturated carbocycles. The second-order valence-corrected chi connectivity index (χ2v) is 7.92. The van der Waals surface area contributed by atoms with Crippen molar-refractivity contribution >= 4 is 11.8 Å². The number of aromatic nitrogens is 2. The molecule has 0 N–H and O–H groups in total. The zero-order chi connectivity index (χ0) is 20.3. The highest BCUT2D eigenvalue weighted by atomic mass is 16.5. The van der Waals surface area contributed by atoms with Gasteiger partial charge in [0.2, 0.25) is 11.8 Å². The first-order chi connectivity index (χ1) is 14.1. The van der Waals surface area contributed by atoms with Crippen molar-refractivity contribution in [1.82, 2.24) is 19.8 Å². The predicted molar refractivity (Wildman–Crippen MR) is 107 cm³/mol. The minimum Gasteiger partial charge on any atom is -0.480 e. The van der Waals surface area contributed by atoms with Crippen LogP contribution in [-0.2, 0) is 11.3 Å². The van der Waals surface area contributed by atoms with E-state index in [0.717, 1.165) is 31.5 Å². The number of pyridine rings is 2. The van der Waals surface area contributed by atoms with Crippen LogP contribution in [0.5, 0.6) is 5.88 Å². The summed E-state index contributed by atoms with van der Waals surface area (Å²) in [5.74, 6) is 0.518. The maximum atomic E-state index is 12.9.